The number of rotatable bonds is 4. The summed E-state index contributed by atoms with van der Waals surface area (Å²) in [4.78, 5) is 11.9. The van der Waals surface area contributed by atoms with E-state index in [1.807, 2.05) is 0 Å². The lowest BCUT2D eigenvalue weighted by atomic mass is 9.96. The fraction of sp³-hybridized carbons (Fsp3) is 0.188. The summed E-state index contributed by atoms with van der Waals surface area (Å²) in [7, 11) is 0. The predicted octanol–water partition coefficient (Wildman–Crippen LogP) is 2.62. The van der Waals surface area contributed by atoms with Crippen LogP contribution in [-0.4, -0.2) is 17.2 Å². The molecule has 104 valence electrons. The van der Waals surface area contributed by atoms with Crippen molar-refractivity contribution >= 4 is 5.91 Å². The highest BCUT2D eigenvalue weighted by Gasteiger charge is 2.36. The van der Waals surface area contributed by atoms with Gasteiger partial charge in [-0.15, -0.1) is 0 Å². The molecule has 3 nitrogen and oxygen atoms in total. The van der Waals surface area contributed by atoms with E-state index in [0.29, 0.717) is 11.1 Å². The molecule has 1 amide bonds. The van der Waals surface area contributed by atoms with Crippen LogP contribution in [0.15, 0.2) is 60.7 Å². The quantitative estimate of drug-likeness (QED) is 0.841. The Kier molecular flexibility index (Phi) is 4.15. The van der Waals surface area contributed by atoms with Crippen LogP contribution in [0.1, 0.15) is 22.8 Å². The van der Waals surface area contributed by atoms with Crippen LogP contribution in [0.5, 0.6) is 0 Å². The van der Waals surface area contributed by atoms with Crippen LogP contribution in [-0.2, 0) is 5.67 Å². The Labute approximate surface area is 117 Å². The van der Waals surface area contributed by atoms with Gasteiger partial charge in [0.25, 0.3) is 5.91 Å². The Bertz CT molecular complexity index is 570. The average molecular weight is 273 g/mol. The maximum atomic E-state index is 14.6. The van der Waals surface area contributed by atoms with E-state index in [4.69, 9.17) is 0 Å². The molecule has 0 aromatic heterocycles. The van der Waals surface area contributed by atoms with E-state index in [9.17, 15) is 14.3 Å². The van der Waals surface area contributed by atoms with Crippen molar-refractivity contribution in [3.8, 4) is 0 Å². The zero-order valence-corrected chi connectivity index (χ0v) is 11.1. The third kappa shape index (κ3) is 3.03. The van der Waals surface area contributed by atoms with Crippen molar-refractivity contribution in [2.24, 2.45) is 0 Å². The van der Waals surface area contributed by atoms with Crippen LogP contribution < -0.4 is 5.32 Å². The van der Waals surface area contributed by atoms with Crippen LogP contribution in [0, 0.1) is 0 Å². The first-order valence-corrected chi connectivity index (χ1v) is 6.30. The van der Waals surface area contributed by atoms with Gasteiger partial charge >= 0.3 is 0 Å². The molecule has 2 aromatic carbocycles. The number of aliphatic hydroxyl groups is 1. The highest BCUT2D eigenvalue weighted by molar-refractivity contribution is 5.94. The minimum Gasteiger partial charge on any atom is -0.370 e. The maximum absolute atomic E-state index is 14.6. The average Bonchev–Trinajstić information content (AvgIpc) is 2.49. The Morgan fingerprint density at radius 3 is 2.15 bits per heavy atom. The van der Waals surface area contributed by atoms with Crippen molar-refractivity contribution in [1.29, 1.82) is 0 Å². The van der Waals surface area contributed by atoms with Crippen LogP contribution in [0.3, 0.4) is 0 Å². The first-order chi connectivity index (χ1) is 9.51. The lowest BCUT2D eigenvalue weighted by Crippen LogP contribution is -2.46. The highest BCUT2D eigenvalue weighted by atomic mass is 19.1. The number of halogens is 1. The van der Waals surface area contributed by atoms with E-state index in [2.05, 4.69) is 5.32 Å². The second-order valence-corrected chi connectivity index (χ2v) is 4.68. The molecule has 2 atom stereocenters. The van der Waals surface area contributed by atoms with Gasteiger partial charge in [-0.2, -0.15) is 0 Å². The summed E-state index contributed by atoms with van der Waals surface area (Å²) in [6.07, 6.45) is -1.63. The number of carbonyl (C=O) groups excluding carboxylic acids is 1. The molecule has 0 unspecified atom stereocenters. The van der Waals surface area contributed by atoms with Gasteiger partial charge in [0.2, 0.25) is 0 Å². The second kappa shape index (κ2) is 5.84. The van der Waals surface area contributed by atoms with Crippen molar-refractivity contribution in [1.82, 2.24) is 5.32 Å². The zero-order valence-electron chi connectivity index (χ0n) is 11.1. The van der Waals surface area contributed by atoms with Crippen molar-refractivity contribution in [3.05, 3.63) is 71.8 Å². The fourth-order valence-electron chi connectivity index (χ4n) is 1.85. The van der Waals surface area contributed by atoms with Gasteiger partial charge < -0.3 is 10.4 Å². The molecule has 2 N–H and O–H groups in total. The molecular weight excluding hydrogens is 257 g/mol. The number of amides is 1. The SMILES string of the molecule is C[C@@](F)(c1ccccc1)[C@@H](O)NC(=O)c1ccccc1. The van der Waals surface area contributed by atoms with E-state index in [0.717, 1.165) is 0 Å². The van der Waals surface area contributed by atoms with E-state index in [-0.39, 0.29) is 0 Å². The molecule has 0 aliphatic carbocycles. The van der Waals surface area contributed by atoms with Crippen molar-refractivity contribution in [2.75, 3.05) is 0 Å². The molecule has 0 bridgehead atoms. The molecule has 0 saturated heterocycles. The highest BCUT2D eigenvalue weighted by Crippen LogP contribution is 2.28. The molecule has 2 aromatic rings. The van der Waals surface area contributed by atoms with Crippen LogP contribution in [0.25, 0.3) is 0 Å². The number of nitrogens with one attached hydrogen (secondary N) is 1. The molecule has 4 heteroatoms. The molecule has 20 heavy (non-hydrogen) atoms. The monoisotopic (exact) mass is 273 g/mol. The van der Waals surface area contributed by atoms with Gasteiger partial charge in [0.1, 0.15) is 0 Å². The Hall–Kier alpha value is -2.20. The Morgan fingerprint density at radius 1 is 1.10 bits per heavy atom. The van der Waals surface area contributed by atoms with Crippen molar-refractivity contribution < 1.29 is 14.3 Å². The number of hydrogen-bond donors (Lipinski definition) is 2. The standard InChI is InChI=1S/C16H16FNO2/c1-16(17,13-10-6-3-7-11-13)15(20)18-14(19)12-8-4-2-5-9-12/h2-11,15,20H,1H3,(H,18,19)/t15-,16-/m1/s1. The van der Waals surface area contributed by atoms with Gasteiger partial charge in [0.15, 0.2) is 11.9 Å². The van der Waals surface area contributed by atoms with E-state index in [1.54, 1.807) is 60.7 Å². The van der Waals surface area contributed by atoms with Gasteiger partial charge in [-0.1, -0.05) is 48.5 Å². The Balaban J connectivity index is 2.12. The summed E-state index contributed by atoms with van der Waals surface area (Å²) in [6.45, 7) is 1.23. The smallest absolute Gasteiger partial charge is 0.253 e. The first kappa shape index (κ1) is 14.2. The second-order valence-electron chi connectivity index (χ2n) is 4.68. The number of aliphatic hydroxyl groups excluding tert-OH is 1. The molecule has 0 fully saturated rings. The van der Waals surface area contributed by atoms with Crippen molar-refractivity contribution in [2.45, 2.75) is 18.8 Å². The minimum absolute atomic E-state index is 0.306. The number of alkyl halides is 1. The molecule has 2 rings (SSSR count). The number of benzene rings is 2. The van der Waals surface area contributed by atoms with E-state index >= 15 is 0 Å². The van der Waals surface area contributed by atoms with Crippen LogP contribution in [0.4, 0.5) is 4.39 Å². The van der Waals surface area contributed by atoms with Crippen LogP contribution >= 0.6 is 0 Å². The summed E-state index contributed by atoms with van der Waals surface area (Å²) >= 11 is 0. The third-order valence-electron chi connectivity index (χ3n) is 3.16. The minimum atomic E-state index is -2.06. The number of hydrogen-bond acceptors (Lipinski definition) is 2. The topological polar surface area (TPSA) is 49.3 Å². The van der Waals surface area contributed by atoms with Gasteiger partial charge in [-0.3, -0.25) is 4.79 Å². The summed E-state index contributed by atoms with van der Waals surface area (Å²) in [5, 5.41) is 12.2. The summed E-state index contributed by atoms with van der Waals surface area (Å²) in [5.41, 5.74) is -1.39. The normalized spacial score (nSPS) is 15.2. The Morgan fingerprint density at radius 2 is 1.60 bits per heavy atom. The first-order valence-electron chi connectivity index (χ1n) is 6.30. The molecule has 0 aliphatic rings. The van der Waals surface area contributed by atoms with Gasteiger partial charge in [0.05, 0.1) is 0 Å². The molecule has 0 heterocycles. The van der Waals surface area contributed by atoms with Crippen molar-refractivity contribution in [3.63, 3.8) is 0 Å². The van der Waals surface area contributed by atoms with E-state index in [1.165, 1.54) is 6.92 Å². The molecule has 0 saturated carbocycles. The van der Waals surface area contributed by atoms with Gasteiger partial charge in [-0.25, -0.2) is 4.39 Å². The third-order valence-corrected chi connectivity index (χ3v) is 3.16. The lowest BCUT2D eigenvalue weighted by Gasteiger charge is -2.27. The van der Waals surface area contributed by atoms with Gasteiger partial charge in [0, 0.05) is 5.56 Å². The molecule has 0 radical (unpaired) electrons. The number of carbonyl (C=O) groups is 1. The van der Waals surface area contributed by atoms with Crippen LogP contribution in [0.2, 0.25) is 0 Å². The molecule has 0 aliphatic heterocycles. The lowest BCUT2D eigenvalue weighted by molar-refractivity contribution is -0.0181. The summed E-state index contributed by atoms with van der Waals surface area (Å²) in [6, 6.07) is 16.6. The maximum Gasteiger partial charge on any atom is 0.253 e. The molecule has 0 spiro atoms. The predicted molar refractivity (Wildman–Crippen MR) is 74.8 cm³/mol. The largest absolute Gasteiger partial charge is 0.370 e. The summed E-state index contributed by atoms with van der Waals surface area (Å²) < 4.78 is 14.6. The fourth-order valence-corrected chi connectivity index (χ4v) is 1.85. The van der Waals surface area contributed by atoms with E-state index < -0.39 is 17.8 Å². The summed E-state index contributed by atoms with van der Waals surface area (Å²) in [5.74, 6) is -0.516. The molecular formula is C16H16FNO2. The van der Waals surface area contributed by atoms with Gasteiger partial charge in [-0.05, 0) is 24.6 Å². The zero-order chi connectivity index (χ0) is 14.6.